The van der Waals surface area contributed by atoms with Crippen LogP contribution in [0.25, 0.3) is 0 Å². The minimum Gasteiger partial charge on any atom is -0.462 e. The van der Waals surface area contributed by atoms with Gasteiger partial charge in [0.2, 0.25) is 0 Å². The van der Waals surface area contributed by atoms with Crippen molar-refractivity contribution in [2.45, 2.75) is 37.5 Å². The molecule has 0 saturated heterocycles. The number of nitrogens with zero attached hydrogens (tertiary/aromatic N) is 3. The number of esters is 1. The van der Waals surface area contributed by atoms with Crippen LogP contribution in [0.15, 0.2) is 75.8 Å². The van der Waals surface area contributed by atoms with Gasteiger partial charge in [0.15, 0.2) is 9.84 Å². The van der Waals surface area contributed by atoms with Crippen molar-refractivity contribution in [1.29, 1.82) is 0 Å². The quantitative estimate of drug-likeness (QED) is 0.179. The third-order valence-electron chi connectivity index (χ3n) is 4.73. The Hall–Kier alpha value is -3.00. The first kappa shape index (κ1) is 25.3. The zero-order chi connectivity index (χ0) is 23.6. The molecule has 0 bridgehead atoms. The molecule has 0 aliphatic carbocycles. The van der Waals surface area contributed by atoms with Gasteiger partial charge in [-0.2, -0.15) is 10.2 Å². The van der Waals surface area contributed by atoms with E-state index < -0.39 is 15.8 Å². The number of ether oxygens (including phenoxy) is 1. The predicted molar refractivity (Wildman–Crippen MR) is 128 cm³/mol. The zero-order valence-electron chi connectivity index (χ0n) is 19.0. The number of carbonyl (C=O) groups excluding carboxylic acids is 1. The number of hydrogen-bond donors (Lipinski definition) is 0. The van der Waals surface area contributed by atoms with Gasteiger partial charge in [-0.1, -0.05) is 19.4 Å². The summed E-state index contributed by atoms with van der Waals surface area (Å²) in [7, 11) is 0.589. The standard InChI is InChI=1S/C24H31N3O4S/c1-19(2)24(28)31-17-7-5-6-8-18-32(29,30)23-15-11-21(12-16-23)26-25-20-9-13-22(14-10-20)27(3)4/h9-16H,1,5-8,17-18H2,2-4H3/b26-25+. The lowest BCUT2D eigenvalue weighted by Gasteiger charge is -2.11. The van der Waals surface area contributed by atoms with Gasteiger partial charge in [-0.3, -0.25) is 0 Å². The van der Waals surface area contributed by atoms with Crippen LogP contribution >= 0.6 is 0 Å². The van der Waals surface area contributed by atoms with Crippen LogP contribution in [0.2, 0.25) is 0 Å². The van der Waals surface area contributed by atoms with E-state index in [1.165, 1.54) is 0 Å². The summed E-state index contributed by atoms with van der Waals surface area (Å²) in [5.41, 5.74) is 2.76. The van der Waals surface area contributed by atoms with Gasteiger partial charge in [0.25, 0.3) is 0 Å². The van der Waals surface area contributed by atoms with Gasteiger partial charge in [-0.25, -0.2) is 13.2 Å². The lowest BCUT2D eigenvalue weighted by molar-refractivity contribution is -0.139. The Kier molecular flexibility index (Phi) is 9.59. The highest BCUT2D eigenvalue weighted by Gasteiger charge is 2.13. The van der Waals surface area contributed by atoms with Crippen LogP contribution in [0.1, 0.15) is 32.6 Å². The van der Waals surface area contributed by atoms with Crippen molar-refractivity contribution in [3.05, 3.63) is 60.7 Å². The third kappa shape index (κ3) is 8.26. The third-order valence-corrected chi connectivity index (χ3v) is 6.55. The van der Waals surface area contributed by atoms with Crippen molar-refractivity contribution in [1.82, 2.24) is 0 Å². The Bertz CT molecular complexity index is 1030. The summed E-state index contributed by atoms with van der Waals surface area (Å²) in [5.74, 6) is -0.310. The lowest BCUT2D eigenvalue weighted by atomic mass is 10.2. The number of azo groups is 1. The number of sulfone groups is 1. The molecular weight excluding hydrogens is 426 g/mol. The van der Waals surface area contributed by atoms with Crippen LogP contribution in [0, 0.1) is 0 Å². The SMILES string of the molecule is C=C(C)C(=O)OCCCCCCS(=O)(=O)c1ccc(/N=N/c2ccc(N(C)C)cc2)cc1. The Morgan fingerprint density at radius 3 is 1.97 bits per heavy atom. The van der Waals surface area contributed by atoms with Gasteiger partial charge < -0.3 is 9.64 Å². The first-order valence-electron chi connectivity index (χ1n) is 10.5. The normalized spacial score (nSPS) is 11.5. The van der Waals surface area contributed by atoms with E-state index in [0.717, 1.165) is 24.2 Å². The fraction of sp³-hybridized carbons (Fsp3) is 0.375. The first-order chi connectivity index (χ1) is 15.2. The van der Waals surface area contributed by atoms with E-state index in [4.69, 9.17) is 4.74 Å². The molecule has 0 unspecified atom stereocenters. The van der Waals surface area contributed by atoms with Gasteiger partial charge in [0.1, 0.15) is 0 Å². The molecule has 0 saturated carbocycles. The van der Waals surface area contributed by atoms with Crippen LogP contribution < -0.4 is 4.90 Å². The Morgan fingerprint density at radius 2 is 1.44 bits per heavy atom. The molecule has 0 spiro atoms. The zero-order valence-corrected chi connectivity index (χ0v) is 19.8. The maximum absolute atomic E-state index is 12.5. The van der Waals surface area contributed by atoms with Gasteiger partial charge in [0.05, 0.1) is 28.6 Å². The summed E-state index contributed by atoms with van der Waals surface area (Å²) in [4.78, 5) is 13.6. The Balaban J connectivity index is 1.79. The Labute approximate surface area is 190 Å². The van der Waals surface area contributed by atoms with Crippen molar-refractivity contribution >= 4 is 32.9 Å². The van der Waals surface area contributed by atoms with E-state index in [9.17, 15) is 13.2 Å². The summed E-state index contributed by atoms with van der Waals surface area (Å²) in [6, 6.07) is 14.1. The second kappa shape index (κ2) is 12.1. The van der Waals surface area contributed by atoms with Crippen LogP contribution in [-0.4, -0.2) is 40.8 Å². The monoisotopic (exact) mass is 457 g/mol. The second-order valence-corrected chi connectivity index (χ2v) is 9.86. The van der Waals surface area contributed by atoms with E-state index in [1.54, 1.807) is 31.2 Å². The van der Waals surface area contributed by atoms with Crippen LogP contribution in [0.3, 0.4) is 0 Å². The van der Waals surface area contributed by atoms with Crippen molar-refractivity contribution < 1.29 is 17.9 Å². The molecule has 0 heterocycles. The van der Waals surface area contributed by atoms with Gasteiger partial charge >= 0.3 is 5.97 Å². The summed E-state index contributed by atoms with van der Waals surface area (Å²) < 4.78 is 30.1. The second-order valence-electron chi connectivity index (χ2n) is 7.75. The van der Waals surface area contributed by atoms with Gasteiger partial charge in [-0.15, -0.1) is 0 Å². The molecule has 0 aromatic heterocycles. The topological polar surface area (TPSA) is 88.4 Å². The average molecular weight is 458 g/mol. The summed E-state index contributed by atoms with van der Waals surface area (Å²) in [5, 5.41) is 8.37. The van der Waals surface area contributed by atoms with Crippen molar-refractivity contribution in [3.8, 4) is 0 Å². The first-order valence-corrected chi connectivity index (χ1v) is 12.2. The fourth-order valence-corrected chi connectivity index (χ4v) is 4.18. The molecule has 0 aliphatic rings. The van der Waals surface area contributed by atoms with E-state index in [1.807, 2.05) is 43.3 Å². The Morgan fingerprint density at radius 1 is 0.906 bits per heavy atom. The van der Waals surface area contributed by atoms with Crippen molar-refractivity contribution in [2.24, 2.45) is 10.2 Å². The molecule has 0 aliphatic heterocycles. The number of carbonyl (C=O) groups is 1. The van der Waals surface area contributed by atoms with Gasteiger partial charge in [0, 0.05) is 25.4 Å². The molecule has 2 aromatic rings. The van der Waals surface area contributed by atoms with E-state index in [0.29, 0.717) is 30.7 Å². The van der Waals surface area contributed by atoms with Crippen LogP contribution in [0.5, 0.6) is 0 Å². The number of benzene rings is 2. The van der Waals surface area contributed by atoms with Crippen molar-refractivity contribution in [2.75, 3.05) is 31.4 Å². The average Bonchev–Trinajstić information content (AvgIpc) is 2.77. The molecule has 8 heteroatoms. The molecule has 7 nitrogen and oxygen atoms in total. The highest BCUT2D eigenvalue weighted by Crippen LogP contribution is 2.23. The summed E-state index contributed by atoms with van der Waals surface area (Å²) in [6.07, 6.45) is 2.81. The van der Waals surface area contributed by atoms with Gasteiger partial charge in [-0.05, 0) is 68.3 Å². The maximum atomic E-state index is 12.5. The molecule has 0 radical (unpaired) electrons. The highest BCUT2D eigenvalue weighted by atomic mass is 32.2. The smallest absolute Gasteiger partial charge is 0.333 e. The minimum atomic E-state index is -3.35. The van der Waals surface area contributed by atoms with Crippen LogP contribution in [0.4, 0.5) is 17.1 Å². The molecule has 2 aromatic carbocycles. The molecule has 0 atom stereocenters. The predicted octanol–water partition coefficient (Wildman–Crippen LogP) is 5.62. The maximum Gasteiger partial charge on any atom is 0.333 e. The lowest BCUT2D eigenvalue weighted by Crippen LogP contribution is -2.07. The number of unbranched alkanes of at least 4 members (excludes halogenated alkanes) is 3. The minimum absolute atomic E-state index is 0.0810. The van der Waals surface area contributed by atoms with E-state index in [-0.39, 0.29) is 10.6 Å². The largest absolute Gasteiger partial charge is 0.462 e. The number of hydrogen-bond acceptors (Lipinski definition) is 7. The molecule has 32 heavy (non-hydrogen) atoms. The molecule has 172 valence electrons. The molecule has 2 rings (SSSR count). The highest BCUT2D eigenvalue weighted by molar-refractivity contribution is 7.91. The van der Waals surface area contributed by atoms with Crippen LogP contribution in [-0.2, 0) is 19.4 Å². The number of rotatable bonds is 12. The molecule has 0 N–H and O–H groups in total. The van der Waals surface area contributed by atoms with Crippen molar-refractivity contribution in [3.63, 3.8) is 0 Å². The summed E-state index contributed by atoms with van der Waals surface area (Å²) in [6.45, 7) is 5.45. The molecular formula is C24H31N3O4S. The number of anilines is 1. The summed E-state index contributed by atoms with van der Waals surface area (Å²) >= 11 is 0. The molecule has 0 fully saturated rings. The van der Waals surface area contributed by atoms with E-state index >= 15 is 0 Å². The molecule has 0 amide bonds. The fourth-order valence-electron chi connectivity index (χ4n) is 2.81. The van der Waals surface area contributed by atoms with E-state index in [2.05, 4.69) is 16.8 Å².